The highest BCUT2D eigenvalue weighted by atomic mass is 32.2. The van der Waals surface area contributed by atoms with Crippen LogP contribution in [0.3, 0.4) is 0 Å². The van der Waals surface area contributed by atoms with Gasteiger partial charge < -0.3 is 10.6 Å². The maximum absolute atomic E-state index is 12.7. The molecule has 0 spiro atoms. The van der Waals surface area contributed by atoms with Gasteiger partial charge in [0.25, 0.3) is 0 Å². The van der Waals surface area contributed by atoms with E-state index in [1.165, 1.54) is 18.2 Å². The topological polar surface area (TPSA) is 58.2 Å². The Morgan fingerprint density at radius 3 is 2.75 bits per heavy atom. The third-order valence-corrected chi connectivity index (χ3v) is 4.77. The SMILES string of the molecule is O=S(=O)(c1ccccc1NC1CCCCNC1)C(F)F. The molecular formula is C13H18F2N2O2S. The van der Waals surface area contributed by atoms with Gasteiger partial charge in [-0.15, -0.1) is 0 Å². The van der Waals surface area contributed by atoms with Gasteiger partial charge in [0.1, 0.15) is 0 Å². The van der Waals surface area contributed by atoms with E-state index >= 15 is 0 Å². The molecule has 0 bridgehead atoms. The van der Waals surface area contributed by atoms with Gasteiger partial charge in [-0.1, -0.05) is 18.6 Å². The minimum absolute atomic E-state index is 0.0477. The molecule has 0 aliphatic carbocycles. The Morgan fingerprint density at radius 1 is 1.25 bits per heavy atom. The molecule has 1 aromatic carbocycles. The summed E-state index contributed by atoms with van der Waals surface area (Å²) in [6.45, 7) is 1.62. The Hall–Kier alpha value is -1.21. The van der Waals surface area contributed by atoms with E-state index in [0.717, 1.165) is 25.8 Å². The molecule has 1 unspecified atom stereocenters. The van der Waals surface area contributed by atoms with Crippen LogP contribution >= 0.6 is 0 Å². The lowest BCUT2D eigenvalue weighted by Crippen LogP contribution is -2.31. The fraction of sp³-hybridized carbons (Fsp3) is 0.538. The molecule has 1 aromatic rings. The Morgan fingerprint density at radius 2 is 2.00 bits per heavy atom. The third-order valence-electron chi connectivity index (χ3n) is 3.33. The second-order valence-corrected chi connectivity index (χ2v) is 6.73. The Balaban J connectivity index is 2.24. The van der Waals surface area contributed by atoms with Crippen molar-refractivity contribution in [2.24, 2.45) is 0 Å². The zero-order valence-corrected chi connectivity index (χ0v) is 11.8. The summed E-state index contributed by atoms with van der Waals surface area (Å²) in [6.07, 6.45) is 2.97. The molecule has 2 rings (SSSR count). The minimum Gasteiger partial charge on any atom is -0.380 e. The molecule has 0 aromatic heterocycles. The van der Waals surface area contributed by atoms with Crippen molar-refractivity contribution in [1.82, 2.24) is 5.32 Å². The van der Waals surface area contributed by atoms with Gasteiger partial charge in [-0.05, 0) is 31.5 Å². The lowest BCUT2D eigenvalue weighted by molar-refractivity contribution is 0.235. The second kappa shape index (κ2) is 6.49. The van der Waals surface area contributed by atoms with Gasteiger partial charge in [-0.25, -0.2) is 8.42 Å². The Bertz CT molecular complexity index is 541. The first-order chi connectivity index (χ1) is 9.51. The Labute approximate surface area is 117 Å². The van der Waals surface area contributed by atoms with Gasteiger partial charge in [-0.3, -0.25) is 0 Å². The van der Waals surface area contributed by atoms with Crippen molar-refractivity contribution in [3.63, 3.8) is 0 Å². The summed E-state index contributed by atoms with van der Waals surface area (Å²) in [5.74, 6) is -3.40. The van der Waals surface area contributed by atoms with Gasteiger partial charge in [0.2, 0.25) is 9.84 Å². The highest BCUT2D eigenvalue weighted by molar-refractivity contribution is 7.91. The van der Waals surface area contributed by atoms with Crippen LogP contribution in [-0.2, 0) is 9.84 Å². The number of rotatable bonds is 4. The first-order valence-corrected chi connectivity index (χ1v) is 8.15. The van der Waals surface area contributed by atoms with Crippen molar-refractivity contribution < 1.29 is 17.2 Å². The molecule has 1 atom stereocenters. The van der Waals surface area contributed by atoms with Crippen LogP contribution in [0.15, 0.2) is 29.2 Å². The zero-order valence-electron chi connectivity index (χ0n) is 11.0. The van der Waals surface area contributed by atoms with Gasteiger partial charge in [0.15, 0.2) is 0 Å². The van der Waals surface area contributed by atoms with Crippen molar-refractivity contribution >= 4 is 15.5 Å². The van der Waals surface area contributed by atoms with Gasteiger partial charge >= 0.3 is 5.76 Å². The average Bonchev–Trinajstić information content (AvgIpc) is 2.67. The summed E-state index contributed by atoms with van der Waals surface area (Å²) < 4.78 is 48.7. The van der Waals surface area contributed by atoms with Crippen LogP contribution in [0.5, 0.6) is 0 Å². The predicted octanol–water partition coefficient (Wildman–Crippen LogP) is 2.24. The van der Waals surface area contributed by atoms with Gasteiger partial charge in [0, 0.05) is 12.6 Å². The van der Waals surface area contributed by atoms with Crippen molar-refractivity contribution in [3.05, 3.63) is 24.3 Å². The molecule has 20 heavy (non-hydrogen) atoms. The van der Waals surface area contributed by atoms with Crippen molar-refractivity contribution in [3.8, 4) is 0 Å². The van der Waals surface area contributed by atoms with Crippen LogP contribution in [0.4, 0.5) is 14.5 Å². The third kappa shape index (κ3) is 3.46. The monoisotopic (exact) mass is 304 g/mol. The minimum atomic E-state index is -4.58. The molecule has 0 saturated carbocycles. The number of nitrogens with one attached hydrogen (secondary N) is 2. The molecule has 1 heterocycles. The second-order valence-electron chi connectivity index (χ2n) is 4.84. The summed E-state index contributed by atoms with van der Waals surface area (Å²) in [7, 11) is -4.58. The van der Waals surface area contributed by atoms with Crippen molar-refractivity contribution in [1.29, 1.82) is 0 Å². The molecule has 1 saturated heterocycles. The van der Waals surface area contributed by atoms with E-state index in [0.29, 0.717) is 6.54 Å². The number of anilines is 1. The highest BCUT2D eigenvalue weighted by Gasteiger charge is 2.29. The Kier molecular flexibility index (Phi) is 4.93. The molecule has 112 valence electrons. The summed E-state index contributed by atoms with van der Waals surface area (Å²) in [6, 6.07) is 5.88. The van der Waals surface area contributed by atoms with Crippen LogP contribution in [0.1, 0.15) is 19.3 Å². The predicted molar refractivity (Wildman–Crippen MR) is 73.8 cm³/mol. The largest absolute Gasteiger partial charge is 0.380 e. The number of alkyl halides is 2. The van der Waals surface area contributed by atoms with Crippen LogP contribution in [0, 0.1) is 0 Å². The molecule has 1 aliphatic heterocycles. The maximum atomic E-state index is 12.7. The highest BCUT2D eigenvalue weighted by Crippen LogP contribution is 2.27. The fourth-order valence-electron chi connectivity index (χ4n) is 2.29. The molecule has 2 N–H and O–H groups in total. The van der Waals surface area contributed by atoms with Crippen LogP contribution in [0.25, 0.3) is 0 Å². The molecule has 4 nitrogen and oxygen atoms in total. The molecule has 0 amide bonds. The molecule has 1 fully saturated rings. The summed E-state index contributed by atoms with van der Waals surface area (Å²) in [5, 5.41) is 6.31. The molecular weight excluding hydrogens is 286 g/mol. The standard InChI is InChI=1S/C13H18F2N2O2S/c14-13(15)20(18,19)12-7-2-1-6-11(12)17-10-5-3-4-8-16-9-10/h1-2,6-7,10,13,16-17H,3-5,8-9H2. The number of benzene rings is 1. The van der Waals surface area contributed by atoms with E-state index in [2.05, 4.69) is 10.6 Å². The summed E-state index contributed by atoms with van der Waals surface area (Å²) in [5.41, 5.74) is 0.251. The van der Waals surface area contributed by atoms with Crippen LogP contribution in [-0.4, -0.2) is 33.3 Å². The van der Waals surface area contributed by atoms with E-state index in [1.807, 2.05) is 0 Å². The molecule has 7 heteroatoms. The molecule has 1 aliphatic rings. The van der Waals surface area contributed by atoms with E-state index < -0.39 is 15.6 Å². The van der Waals surface area contributed by atoms with Crippen LogP contribution in [0.2, 0.25) is 0 Å². The normalized spacial score (nSPS) is 20.6. The average molecular weight is 304 g/mol. The number of hydrogen-bond acceptors (Lipinski definition) is 4. The lowest BCUT2D eigenvalue weighted by atomic mass is 10.1. The quantitative estimate of drug-likeness (QED) is 0.895. The smallest absolute Gasteiger partial charge is 0.341 e. The summed E-state index contributed by atoms with van der Waals surface area (Å²) >= 11 is 0. The van der Waals surface area contributed by atoms with E-state index in [4.69, 9.17) is 0 Å². The van der Waals surface area contributed by atoms with E-state index in [9.17, 15) is 17.2 Å². The summed E-state index contributed by atoms with van der Waals surface area (Å²) in [4.78, 5) is -0.334. The van der Waals surface area contributed by atoms with Crippen LogP contribution < -0.4 is 10.6 Å². The fourth-order valence-corrected chi connectivity index (χ4v) is 3.19. The van der Waals surface area contributed by atoms with Crippen molar-refractivity contribution in [2.75, 3.05) is 18.4 Å². The van der Waals surface area contributed by atoms with Gasteiger partial charge in [-0.2, -0.15) is 8.78 Å². The molecule has 0 radical (unpaired) electrons. The lowest BCUT2D eigenvalue weighted by Gasteiger charge is -2.20. The van der Waals surface area contributed by atoms with Crippen molar-refractivity contribution in [2.45, 2.75) is 36.0 Å². The first kappa shape index (κ1) is 15.2. The number of para-hydroxylation sites is 1. The first-order valence-electron chi connectivity index (χ1n) is 6.60. The van der Waals surface area contributed by atoms with E-state index in [-0.39, 0.29) is 16.6 Å². The van der Waals surface area contributed by atoms with E-state index in [1.54, 1.807) is 6.07 Å². The number of hydrogen-bond donors (Lipinski definition) is 2. The van der Waals surface area contributed by atoms with Gasteiger partial charge in [0.05, 0.1) is 10.6 Å². The number of sulfone groups is 1. The zero-order chi connectivity index (χ0) is 14.6. The maximum Gasteiger partial charge on any atom is 0.341 e. The number of halogens is 2.